The third-order valence-corrected chi connectivity index (χ3v) is 18.3. The van der Waals surface area contributed by atoms with Crippen molar-refractivity contribution >= 4 is 53.2 Å². The van der Waals surface area contributed by atoms with E-state index in [0.717, 1.165) is 6.92 Å². The first-order valence-electron chi connectivity index (χ1n) is 30.3. The van der Waals surface area contributed by atoms with Gasteiger partial charge in [-0.05, 0) is 88.1 Å². The lowest BCUT2D eigenvalue weighted by molar-refractivity contribution is -0.345. The molecular weight excluding hydrogens is 1240 g/mol. The Labute approximate surface area is 539 Å². The number of hydrogen-bond donors (Lipinski definition) is 14. The summed E-state index contributed by atoms with van der Waals surface area (Å²) < 4.78 is 47.0. The summed E-state index contributed by atoms with van der Waals surface area (Å²) in [5.74, 6) is -7.48. The Balaban J connectivity index is 1.12. The molecule has 14 N–H and O–H groups in total. The highest BCUT2D eigenvalue weighted by atomic mass is 16.7. The minimum atomic E-state index is -2.60. The Kier molecular flexibility index (Phi) is 22.0. The van der Waals surface area contributed by atoms with Crippen molar-refractivity contribution in [2.24, 2.45) is 21.8 Å². The number of amides is 3. The maximum Gasteiger partial charge on any atom is 0.412 e. The molecule has 20 atom stereocenters. The molecule has 0 unspecified atom stereocenters. The average Bonchev–Trinajstić information content (AvgIpc) is 0.671. The predicted octanol–water partition coefficient (Wildman–Crippen LogP) is -0.384. The van der Waals surface area contributed by atoms with Crippen LogP contribution in [0.5, 0.6) is 0 Å². The number of benzene rings is 3. The van der Waals surface area contributed by atoms with Crippen molar-refractivity contribution in [3.63, 3.8) is 0 Å². The van der Waals surface area contributed by atoms with E-state index in [9.17, 15) is 84.9 Å². The molecule has 2 bridgehead atoms. The molecule has 0 aromatic heterocycles. The number of alkyl carbamates (subject to hydrolysis) is 1. The summed E-state index contributed by atoms with van der Waals surface area (Å²) in [6, 6.07) is 19.4. The molecule has 3 aromatic carbocycles. The summed E-state index contributed by atoms with van der Waals surface area (Å²) in [5.41, 5.74) is -7.42. The fraction of sp³-hybridized carbons (Fsp3) is 0.562. The topological polar surface area (TPSA) is 464 Å². The Morgan fingerprint density at radius 1 is 0.787 bits per heavy atom. The highest BCUT2D eigenvalue weighted by Crippen LogP contribution is 2.64. The van der Waals surface area contributed by atoms with Crippen LogP contribution in [0.1, 0.15) is 103 Å². The van der Waals surface area contributed by atoms with Crippen molar-refractivity contribution < 1.29 is 128 Å². The quantitative estimate of drug-likeness (QED) is 0.0225. The van der Waals surface area contributed by atoms with Crippen molar-refractivity contribution in [3.05, 3.63) is 113 Å². The molecule has 2 saturated heterocycles. The first kappa shape index (κ1) is 72.4. The minimum absolute atomic E-state index is 0.00464. The molecule has 30 heteroatoms. The minimum Gasteiger partial charge on any atom is -0.456 e. The van der Waals surface area contributed by atoms with Gasteiger partial charge in [-0.1, -0.05) is 74.5 Å². The second kappa shape index (κ2) is 28.5. The average molecular weight is 1320 g/mol. The number of ether oxygens (including phenoxy) is 8. The molecule has 5 aliphatic rings. The predicted molar refractivity (Wildman–Crippen MR) is 322 cm³/mol. The number of aliphatic hydroxyl groups is 11. The maximum atomic E-state index is 16.3. The van der Waals surface area contributed by atoms with Gasteiger partial charge in [0.15, 0.2) is 36.0 Å². The van der Waals surface area contributed by atoms with Gasteiger partial charge in [0, 0.05) is 30.9 Å². The monoisotopic (exact) mass is 1320 g/mol. The Morgan fingerprint density at radius 2 is 1.41 bits per heavy atom. The summed E-state index contributed by atoms with van der Waals surface area (Å²) in [6.07, 6.45) is -32.6. The Bertz CT molecular complexity index is 3330. The molecule has 8 rings (SSSR count). The largest absolute Gasteiger partial charge is 0.456 e. The first-order valence-corrected chi connectivity index (χ1v) is 30.3. The summed E-state index contributed by atoms with van der Waals surface area (Å²) in [4.78, 5) is 100.0. The van der Waals surface area contributed by atoms with E-state index in [1.807, 2.05) is 5.43 Å². The molecule has 0 radical (unpaired) electrons. The standard InChI is InChI=1S/C64H82N4O26/c1-29-37(88-56(83)44(75)42(33-16-12-10-13-17-33)66-59(85)94-60(4,5)6)25-64(86)53(92-55(82)34-18-14-11-15-19-34)51-62(9,39(73)24-40-63(51,28-87-40)93-31(3)71)52(80)50(41(29)61(64,7)8)91-58(84)65-35-22-20-32(21-23-35)30(2)67-68-54(81)47(78)46(77)49(36(72)26-69)90-57-48(79)45(76)43(74)38(27-70)89-57/h10-23,36-40,42-51,53,57,69-70,72-79,86H,24-28H2,1-9H3,(H,65,84)(H,66,85)(H,68,81)/b67-30+/t36-,37+,38-,39+,40-,42+,43+,44-,45+,46+,47-,48-,49-,50-,51+,53+,57+,62-,63+,64-/m1/s1. The molecule has 0 spiro atoms. The van der Waals surface area contributed by atoms with Crippen molar-refractivity contribution in [1.29, 1.82) is 0 Å². The lowest BCUT2D eigenvalue weighted by Gasteiger charge is -2.67. The van der Waals surface area contributed by atoms with Crippen molar-refractivity contribution in [2.75, 3.05) is 25.1 Å². The van der Waals surface area contributed by atoms with Crippen LogP contribution in [0.2, 0.25) is 0 Å². The maximum absolute atomic E-state index is 16.3. The van der Waals surface area contributed by atoms with Gasteiger partial charge in [-0.2, -0.15) is 5.10 Å². The first-order chi connectivity index (χ1) is 44.1. The van der Waals surface area contributed by atoms with E-state index < -0.39 is 199 Å². The highest BCUT2D eigenvalue weighted by molar-refractivity contribution is 6.00. The van der Waals surface area contributed by atoms with Gasteiger partial charge in [0.2, 0.25) is 0 Å². The van der Waals surface area contributed by atoms with E-state index in [1.54, 1.807) is 57.2 Å². The van der Waals surface area contributed by atoms with Gasteiger partial charge in [-0.3, -0.25) is 19.7 Å². The third kappa shape index (κ3) is 14.3. The van der Waals surface area contributed by atoms with Gasteiger partial charge in [-0.25, -0.2) is 24.6 Å². The van der Waals surface area contributed by atoms with E-state index in [2.05, 4.69) is 15.7 Å². The zero-order valence-electron chi connectivity index (χ0n) is 52.9. The summed E-state index contributed by atoms with van der Waals surface area (Å²) in [7, 11) is 0. The fourth-order valence-electron chi connectivity index (χ4n) is 13.1. The summed E-state index contributed by atoms with van der Waals surface area (Å²) >= 11 is 0. The number of nitrogens with zero attached hydrogens (tertiary/aromatic N) is 1. The van der Waals surface area contributed by atoms with Crippen LogP contribution in [-0.2, 0) is 57.1 Å². The molecule has 30 nitrogen and oxygen atoms in total. The zero-order chi connectivity index (χ0) is 69.3. The van der Waals surface area contributed by atoms with Crippen LogP contribution in [0.3, 0.4) is 0 Å². The summed E-state index contributed by atoms with van der Waals surface area (Å²) in [6.45, 7) is 10.5. The van der Waals surface area contributed by atoms with Gasteiger partial charge >= 0.3 is 30.1 Å². The van der Waals surface area contributed by atoms with Crippen LogP contribution in [-0.4, -0.2) is 232 Å². The molecule has 514 valence electrons. The van der Waals surface area contributed by atoms with Gasteiger partial charge in [-0.15, -0.1) is 0 Å². The number of rotatable bonds is 20. The van der Waals surface area contributed by atoms with Gasteiger partial charge in [0.1, 0.15) is 72.2 Å². The van der Waals surface area contributed by atoms with Crippen LogP contribution in [0, 0.1) is 16.7 Å². The Morgan fingerprint density at radius 3 is 1.99 bits per heavy atom. The number of carbonyl (C=O) groups excluding carboxylic acids is 7. The number of carbonyl (C=O) groups is 7. The third-order valence-electron chi connectivity index (χ3n) is 18.3. The number of fused-ring (bicyclic) bond motifs is 5. The molecule has 2 saturated carbocycles. The molecule has 3 amide bonds. The number of nitrogens with one attached hydrogen (secondary N) is 3. The number of Topliss-reactive ketones (excluding diaryl/α,β-unsaturated/α-hetero) is 1. The van der Waals surface area contributed by atoms with Crippen LogP contribution in [0.4, 0.5) is 15.3 Å². The van der Waals surface area contributed by atoms with Crippen LogP contribution >= 0.6 is 0 Å². The number of hydrogen-bond acceptors (Lipinski definition) is 27. The van der Waals surface area contributed by atoms with E-state index in [-0.39, 0.29) is 45.7 Å². The normalized spacial score (nSPS) is 31.7. The van der Waals surface area contributed by atoms with Gasteiger partial charge in [0.05, 0.1) is 54.6 Å². The molecule has 3 aromatic rings. The molecular formula is C64H82N4O26. The second-order valence-electron chi connectivity index (χ2n) is 25.8. The highest BCUT2D eigenvalue weighted by Gasteiger charge is 2.78. The van der Waals surface area contributed by atoms with E-state index >= 15 is 4.79 Å². The molecule has 2 aliphatic heterocycles. The lowest BCUT2D eigenvalue weighted by Crippen LogP contribution is -2.82. The van der Waals surface area contributed by atoms with Gasteiger partial charge < -0.3 is 99.4 Å². The van der Waals surface area contributed by atoms with Crippen LogP contribution < -0.4 is 16.1 Å². The Hall–Kier alpha value is -7.40. The van der Waals surface area contributed by atoms with Crippen LogP contribution in [0.15, 0.2) is 101 Å². The van der Waals surface area contributed by atoms with E-state index in [1.165, 1.54) is 83.1 Å². The molecule has 2 heterocycles. The fourth-order valence-corrected chi connectivity index (χ4v) is 13.1. The number of ketones is 1. The smallest absolute Gasteiger partial charge is 0.412 e. The van der Waals surface area contributed by atoms with E-state index in [4.69, 9.17) is 37.9 Å². The van der Waals surface area contributed by atoms with Crippen molar-refractivity contribution in [1.82, 2.24) is 10.7 Å². The van der Waals surface area contributed by atoms with Crippen molar-refractivity contribution in [2.45, 2.75) is 190 Å². The van der Waals surface area contributed by atoms with E-state index in [0.29, 0.717) is 0 Å². The SMILES string of the molecule is CC(=O)O[C@@]12CO[C@@H]1C[C@H](O)[C@@]1(C)C(=O)[C@H](OC(=O)Nc3ccc(/C(C)=N/NC(=O)[C@H](O)[C@H](O)[C@H](O[C@@H]4O[C@H](CO)[C@H](O)[C@H](O)[C@H]4O)[C@H](O)CO)cc3)C3=C(C)[C@@H](OC(=O)[C@H](O)[C@@H](NC(=O)OC(C)(C)C)c4ccccc4)C[C@@](O)([C@@H](OC(=O)c4ccccc4)[C@H]21)C3(C)C. The molecule has 3 aliphatic carbocycles. The molecule has 94 heavy (non-hydrogen) atoms. The second-order valence-corrected chi connectivity index (χ2v) is 25.8. The lowest BCUT2D eigenvalue weighted by atomic mass is 9.44. The van der Waals surface area contributed by atoms with Gasteiger partial charge in [0.25, 0.3) is 5.91 Å². The number of esters is 3. The zero-order valence-corrected chi connectivity index (χ0v) is 52.9. The number of hydrazone groups is 1. The van der Waals surface area contributed by atoms with Crippen molar-refractivity contribution in [3.8, 4) is 0 Å². The number of anilines is 1. The number of aliphatic hydroxyl groups excluding tert-OH is 10. The van der Waals surface area contributed by atoms with Crippen LogP contribution in [0.25, 0.3) is 0 Å². The molecule has 4 fully saturated rings. The summed E-state index contributed by atoms with van der Waals surface area (Å²) in [5, 5.41) is 130.